The van der Waals surface area contributed by atoms with Crippen LogP contribution in [0, 0.1) is 5.92 Å². The summed E-state index contributed by atoms with van der Waals surface area (Å²) in [4.78, 5) is 29.2. The summed E-state index contributed by atoms with van der Waals surface area (Å²) in [5.74, 6) is -0.328. The summed E-state index contributed by atoms with van der Waals surface area (Å²) >= 11 is 0. The molecule has 1 saturated heterocycles. The first kappa shape index (κ1) is 22.0. The summed E-state index contributed by atoms with van der Waals surface area (Å²) in [5, 5.41) is 0. The molecule has 2 atom stereocenters. The van der Waals surface area contributed by atoms with E-state index in [0.717, 1.165) is 23.9 Å². The summed E-state index contributed by atoms with van der Waals surface area (Å²) in [6.45, 7) is 4.59. The summed E-state index contributed by atoms with van der Waals surface area (Å²) < 4.78 is 23.3. The van der Waals surface area contributed by atoms with Crippen LogP contribution in [0.3, 0.4) is 0 Å². The molecule has 0 N–H and O–H groups in total. The van der Waals surface area contributed by atoms with Crippen molar-refractivity contribution in [2.75, 3.05) is 29.6 Å². The Morgan fingerprint density at radius 1 is 1.17 bits per heavy atom. The molecule has 1 fully saturated rings. The SMILES string of the molecule is CCC(C)c1ccccc1N1CC(C(=O)N(C)c2ccc(S(C)(=O)=O)cc2)CC1=O. The third kappa shape index (κ3) is 4.41. The molecule has 0 saturated carbocycles. The fourth-order valence-corrected chi connectivity index (χ4v) is 4.42. The molecule has 2 amide bonds. The molecular weight excluding hydrogens is 400 g/mol. The summed E-state index contributed by atoms with van der Waals surface area (Å²) in [5.41, 5.74) is 2.59. The Balaban J connectivity index is 1.79. The summed E-state index contributed by atoms with van der Waals surface area (Å²) in [6, 6.07) is 14.1. The van der Waals surface area contributed by atoms with Gasteiger partial charge in [-0.2, -0.15) is 0 Å². The first-order valence-corrected chi connectivity index (χ1v) is 12.0. The lowest BCUT2D eigenvalue weighted by Gasteiger charge is -2.24. The van der Waals surface area contributed by atoms with Crippen molar-refractivity contribution in [1.29, 1.82) is 0 Å². The predicted octanol–water partition coefficient (Wildman–Crippen LogP) is 3.62. The van der Waals surface area contributed by atoms with Crippen molar-refractivity contribution in [2.24, 2.45) is 5.92 Å². The molecule has 3 rings (SSSR count). The Morgan fingerprint density at radius 2 is 1.80 bits per heavy atom. The molecule has 0 aromatic heterocycles. The first-order chi connectivity index (χ1) is 14.1. The van der Waals surface area contributed by atoms with E-state index >= 15 is 0 Å². The van der Waals surface area contributed by atoms with Crippen LogP contribution in [-0.2, 0) is 19.4 Å². The Hall–Kier alpha value is -2.67. The van der Waals surface area contributed by atoms with Gasteiger partial charge in [0.25, 0.3) is 0 Å². The Morgan fingerprint density at radius 3 is 2.40 bits per heavy atom. The highest BCUT2D eigenvalue weighted by molar-refractivity contribution is 7.90. The van der Waals surface area contributed by atoms with E-state index in [1.165, 1.54) is 17.0 Å². The van der Waals surface area contributed by atoms with Crippen molar-refractivity contribution in [3.05, 3.63) is 54.1 Å². The van der Waals surface area contributed by atoms with Crippen LogP contribution in [0.25, 0.3) is 0 Å². The van der Waals surface area contributed by atoms with Gasteiger partial charge in [-0.1, -0.05) is 32.0 Å². The van der Waals surface area contributed by atoms with Gasteiger partial charge in [0.2, 0.25) is 11.8 Å². The highest BCUT2D eigenvalue weighted by Crippen LogP contribution is 2.34. The van der Waals surface area contributed by atoms with Crippen LogP contribution in [-0.4, -0.2) is 40.1 Å². The van der Waals surface area contributed by atoms with Crippen molar-refractivity contribution in [3.63, 3.8) is 0 Å². The van der Waals surface area contributed by atoms with E-state index < -0.39 is 15.8 Å². The molecule has 1 aliphatic rings. The zero-order chi connectivity index (χ0) is 22.1. The van der Waals surface area contributed by atoms with Gasteiger partial charge in [0.05, 0.1) is 10.8 Å². The molecule has 160 valence electrons. The molecule has 0 radical (unpaired) electrons. The standard InChI is InChI=1S/C23H28N2O4S/c1-5-16(2)20-8-6-7-9-21(20)25-15-17(14-22(25)26)23(27)24(3)18-10-12-19(13-11-18)30(4,28)29/h6-13,16-17H,5,14-15H2,1-4H3. The number of sulfone groups is 1. The minimum absolute atomic E-state index is 0.0510. The zero-order valence-electron chi connectivity index (χ0n) is 17.8. The third-order valence-corrected chi connectivity index (χ3v) is 6.96. The summed E-state index contributed by atoms with van der Waals surface area (Å²) in [6.07, 6.45) is 2.28. The van der Waals surface area contributed by atoms with Gasteiger partial charge in [0.15, 0.2) is 9.84 Å². The largest absolute Gasteiger partial charge is 0.315 e. The van der Waals surface area contributed by atoms with Gasteiger partial charge in [-0.25, -0.2) is 8.42 Å². The average molecular weight is 429 g/mol. The van der Waals surface area contributed by atoms with Crippen molar-refractivity contribution >= 4 is 33.0 Å². The number of amides is 2. The van der Waals surface area contributed by atoms with Gasteiger partial charge < -0.3 is 9.80 Å². The minimum atomic E-state index is -3.29. The number of carbonyl (C=O) groups excluding carboxylic acids is 2. The number of benzene rings is 2. The molecular formula is C23H28N2O4S. The van der Waals surface area contributed by atoms with Gasteiger partial charge in [-0.05, 0) is 48.2 Å². The van der Waals surface area contributed by atoms with Gasteiger partial charge >= 0.3 is 0 Å². The molecule has 7 heteroatoms. The number of para-hydroxylation sites is 1. The van der Waals surface area contributed by atoms with Gasteiger partial charge in [0.1, 0.15) is 0 Å². The second kappa shape index (κ2) is 8.60. The molecule has 30 heavy (non-hydrogen) atoms. The van der Waals surface area contributed by atoms with E-state index in [-0.39, 0.29) is 23.1 Å². The van der Waals surface area contributed by atoms with E-state index in [9.17, 15) is 18.0 Å². The number of hydrogen-bond donors (Lipinski definition) is 0. The van der Waals surface area contributed by atoms with Crippen molar-refractivity contribution in [1.82, 2.24) is 0 Å². The zero-order valence-corrected chi connectivity index (χ0v) is 18.6. The number of nitrogens with zero attached hydrogens (tertiary/aromatic N) is 2. The molecule has 2 unspecified atom stereocenters. The van der Waals surface area contributed by atoms with Crippen LogP contribution in [0.1, 0.15) is 38.2 Å². The van der Waals surface area contributed by atoms with Gasteiger partial charge in [0, 0.05) is 37.6 Å². The van der Waals surface area contributed by atoms with Crippen LogP contribution in [0.15, 0.2) is 53.4 Å². The normalized spacial score (nSPS) is 17.8. The lowest BCUT2D eigenvalue weighted by atomic mass is 9.96. The number of hydrogen-bond acceptors (Lipinski definition) is 4. The van der Waals surface area contributed by atoms with E-state index in [2.05, 4.69) is 13.8 Å². The fourth-order valence-electron chi connectivity index (χ4n) is 3.79. The van der Waals surface area contributed by atoms with E-state index in [1.54, 1.807) is 24.1 Å². The quantitative estimate of drug-likeness (QED) is 0.704. The topological polar surface area (TPSA) is 74.8 Å². The minimum Gasteiger partial charge on any atom is -0.315 e. The lowest BCUT2D eigenvalue weighted by molar-refractivity contribution is -0.124. The average Bonchev–Trinajstić information content (AvgIpc) is 3.13. The monoisotopic (exact) mass is 428 g/mol. The molecule has 0 spiro atoms. The maximum absolute atomic E-state index is 13.1. The first-order valence-electron chi connectivity index (χ1n) is 10.1. The van der Waals surface area contributed by atoms with E-state index in [4.69, 9.17) is 0 Å². The molecule has 1 heterocycles. The maximum atomic E-state index is 13.1. The van der Waals surface area contributed by atoms with Crippen molar-refractivity contribution in [3.8, 4) is 0 Å². The second-order valence-corrected chi connectivity index (χ2v) is 9.95. The van der Waals surface area contributed by atoms with E-state index in [0.29, 0.717) is 18.2 Å². The van der Waals surface area contributed by atoms with Crippen LogP contribution < -0.4 is 9.80 Å². The maximum Gasteiger partial charge on any atom is 0.232 e. The van der Waals surface area contributed by atoms with Crippen LogP contribution >= 0.6 is 0 Å². The molecule has 6 nitrogen and oxygen atoms in total. The van der Waals surface area contributed by atoms with Crippen LogP contribution in [0.5, 0.6) is 0 Å². The number of rotatable bonds is 6. The highest BCUT2D eigenvalue weighted by atomic mass is 32.2. The Labute approximate surface area is 178 Å². The van der Waals surface area contributed by atoms with Gasteiger partial charge in [-0.15, -0.1) is 0 Å². The van der Waals surface area contributed by atoms with Gasteiger partial charge in [-0.3, -0.25) is 9.59 Å². The lowest BCUT2D eigenvalue weighted by Crippen LogP contribution is -2.35. The fraction of sp³-hybridized carbons (Fsp3) is 0.391. The van der Waals surface area contributed by atoms with Crippen LogP contribution in [0.4, 0.5) is 11.4 Å². The third-order valence-electron chi connectivity index (χ3n) is 5.83. The predicted molar refractivity (Wildman–Crippen MR) is 119 cm³/mol. The summed E-state index contributed by atoms with van der Waals surface area (Å²) in [7, 11) is -1.64. The second-order valence-electron chi connectivity index (χ2n) is 7.94. The molecule has 0 bridgehead atoms. The van der Waals surface area contributed by atoms with E-state index in [1.807, 2.05) is 24.3 Å². The Bertz CT molecular complexity index is 1050. The van der Waals surface area contributed by atoms with Crippen LogP contribution in [0.2, 0.25) is 0 Å². The highest BCUT2D eigenvalue weighted by Gasteiger charge is 2.37. The van der Waals surface area contributed by atoms with Crippen molar-refractivity contribution < 1.29 is 18.0 Å². The number of anilines is 2. The van der Waals surface area contributed by atoms with Crippen molar-refractivity contribution in [2.45, 2.75) is 37.5 Å². The molecule has 2 aromatic carbocycles. The smallest absolute Gasteiger partial charge is 0.232 e. The Kier molecular flexibility index (Phi) is 6.31. The molecule has 2 aromatic rings. The number of carbonyl (C=O) groups is 2. The molecule has 0 aliphatic carbocycles. The molecule has 1 aliphatic heterocycles.